The summed E-state index contributed by atoms with van der Waals surface area (Å²) in [5.74, 6) is 0.725. The van der Waals surface area contributed by atoms with Gasteiger partial charge in [-0.1, -0.05) is 13.8 Å². The van der Waals surface area contributed by atoms with Gasteiger partial charge in [0.2, 0.25) is 0 Å². The van der Waals surface area contributed by atoms with Crippen LogP contribution in [-0.2, 0) is 7.05 Å². The summed E-state index contributed by atoms with van der Waals surface area (Å²) in [5, 5.41) is 4.10. The molecule has 74 valence electrons. The molecular formula is C10H19N3. The maximum atomic E-state index is 6.00. The van der Waals surface area contributed by atoms with E-state index >= 15 is 0 Å². The topological polar surface area (TPSA) is 43.8 Å². The van der Waals surface area contributed by atoms with Gasteiger partial charge in [-0.05, 0) is 18.8 Å². The van der Waals surface area contributed by atoms with Crippen molar-refractivity contribution >= 4 is 0 Å². The molecule has 0 saturated carbocycles. The predicted molar refractivity (Wildman–Crippen MR) is 54.2 cm³/mol. The van der Waals surface area contributed by atoms with Crippen molar-refractivity contribution in [2.24, 2.45) is 18.7 Å². The Balaban J connectivity index is 2.44. The highest BCUT2D eigenvalue weighted by molar-refractivity contribution is 5.08. The number of rotatable bonds is 4. The largest absolute Gasteiger partial charge is 0.324 e. The number of aromatic nitrogens is 2. The predicted octanol–water partition coefficient (Wildman–Crippen LogP) is 1.86. The van der Waals surface area contributed by atoms with Gasteiger partial charge < -0.3 is 5.73 Å². The van der Waals surface area contributed by atoms with Crippen LogP contribution in [0.4, 0.5) is 0 Å². The molecule has 0 bridgehead atoms. The van der Waals surface area contributed by atoms with Crippen LogP contribution < -0.4 is 5.73 Å². The van der Waals surface area contributed by atoms with Crippen molar-refractivity contribution in [3.05, 3.63) is 18.0 Å². The zero-order valence-electron chi connectivity index (χ0n) is 8.70. The second-order valence-corrected chi connectivity index (χ2v) is 4.03. The molecule has 0 spiro atoms. The van der Waals surface area contributed by atoms with E-state index in [4.69, 9.17) is 5.73 Å². The van der Waals surface area contributed by atoms with E-state index in [9.17, 15) is 0 Å². The molecule has 0 aliphatic rings. The van der Waals surface area contributed by atoms with Gasteiger partial charge in [0.05, 0.1) is 6.20 Å². The third-order valence-corrected chi connectivity index (χ3v) is 2.21. The van der Waals surface area contributed by atoms with Crippen LogP contribution in [0.15, 0.2) is 12.4 Å². The third kappa shape index (κ3) is 3.19. The lowest BCUT2D eigenvalue weighted by molar-refractivity contribution is 0.507. The van der Waals surface area contributed by atoms with Gasteiger partial charge in [0, 0.05) is 24.8 Å². The van der Waals surface area contributed by atoms with E-state index in [1.807, 2.05) is 19.4 Å². The second kappa shape index (κ2) is 4.42. The van der Waals surface area contributed by atoms with E-state index in [0.717, 1.165) is 17.9 Å². The molecule has 1 aromatic rings. The number of nitrogens with zero attached hydrogens (tertiary/aromatic N) is 2. The Morgan fingerprint density at radius 1 is 1.46 bits per heavy atom. The van der Waals surface area contributed by atoms with Gasteiger partial charge in [-0.15, -0.1) is 0 Å². The van der Waals surface area contributed by atoms with Crippen molar-refractivity contribution in [2.75, 3.05) is 0 Å². The summed E-state index contributed by atoms with van der Waals surface area (Å²) in [4.78, 5) is 0. The molecule has 3 nitrogen and oxygen atoms in total. The molecule has 0 radical (unpaired) electrons. The van der Waals surface area contributed by atoms with E-state index in [2.05, 4.69) is 18.9 Å². The first-order valence-corrected chi connectivity index (χ1v) is 4.83. The highest BCUT2D eigenvalue weighted by Crippen LogP contribution is 2.17. The minimum atomic E-state index is 0.149. The fourth-order valence-corrected chi connectivity index (χ4v) is 1.31. The van der Waals surface area contributed by atoms with Crippen LogP contribution in [0, 0.1) is 5.92 Å². The van der Waals surface area contributed by atoms with Gasteiger partial charge in [0.25, 0.3) is 0 Å². The molecule has 2 N–H and O–H groups in total. The van der Waals surface area contributed by atoms with E-state index in [1.54, 1.807) is 4.68 Å². The fourth-order valence-electron chi connectivity index (χ4n) is 1.31. The molecule has 1 heterocycles. The average Bonchev–Trinajstić information content (AvgIpc) is 2.47. The molecule has 0 aliphatic carbocycles. The molecule has 0 saturated heterocycles. The Kier molecular flexibility index (Phi) is 3.48. The summed E-state index contributed by atoms with van der Waals surface area (Å²) >= 11 is 0. The molecule has 1 unspecified atom stereocenters. The first kappa shape index (κ1) is 10.3. The Labute approximate surface area is 79.9 Å². The van der Waals surface area contributed by atoms with Crippen LogP contribution in [0.5, 0.6) is 0 Å². The monoisotopic (exact) mass is 181 g/mol. The first-order valence-electron chi connectivity index (χ1n) is 4.83. The smallest absolute Gasteiger partial charge is 0.0537 e. The van der Waals surface area contributed by atoms with Gasteiger partial charge in [0.1, 0.15) is 0 Å². The van der Waals surface area contributed by atoms with Gasteiger partial charge >= 0.3 is 0 Å². The number of nitrogens with two attached hydrogens (primary N) is 1. The van der Waals surface area contributed by atoms with Crippen LogP contribution >= 0.6 is 0 Å². The Morgan fingerprint density at radius 3 is 2.62 bits per heavy atom. The highest BCUT2D eigenvalue weighted by Gasteiger charge is 2.08. The zero-order valence-corrected chi connectivity index (χ0v) is 8.70. The normalized spacial score (nSPS) is 13.6. The first-order chi connectivity index (χ1) is 6.09. The Bertz CT molecular complexity index is 252. The molecule has 1 atom stereocenters. The summed E-state index contributed by atoms with van der Waals surface area (Å²) in [6, 6.07) is 0.149. The van der Waals surface area contributed by atoms with Crippen LogP contribution in [-0.4, -0.2) is 9.78 Å². The van der Waals surface area contributed by atoms with Crippen molar-refractivity contribution in [1.29, 1.82) is 0 Å². The lowest BCUT2D eigenvalue weighted by Gasteiger charge is -2.10. The summed E-state index contributed by atoms with van der Waals surface area (Å²) in [6.07, 6.45) is 6.06. The van der Waals surface area contributed by atoms with Crippen LogP contribution in [0.3, 0.4) is 0 Å². The van der Waals surface area contributed by atoms with E-state index < -0.39 is 0 Å². The quantitative estimate of drug-likeness (QED) is 0.770. The minimum absolute atomic E-state index is 0.149. The number of hydrogen-bond acceptors (Lipinski definition) is 2. The molecule has 0 amide bonds. The van der Waals surface area contributed by atoms with Gasteiger partial charge in [-0.2, -0.15) is 5.10 Å². The maximum Gasteiger partial charge on any atom is 0.0537 e. The molecule has 0 fully saturated rings. The Hall–Kier alpha value is -0.830. The van der Waals surface area contributed by atoms with Crippen LogP contribution in [0.25, 0.3) is 0 Å². The van der Waals surface area contributed by atoms with Crippen molar-refractivity contribution in [3.63, 3.8) is 0 Å². The van der Waals surface area contributed by atoms with E-state index in [-0.39, 0.29) is 6.04 Å². The van der Waals surface area contributed by atoms with E-state index in [1.165, 1.54) is 6.42 Å². The van der Waals surface area contributed by atoms with E-state index in [0.29, 0.717) is 0 Å². The molecular weight excluding hydrogens is 162 g/mol. The maximum absolute atomic E-state index is 6.00. The van der Waals surface area contributed by atoms with Crippen molar-refractivity contribution in [2.45, 2.75) is 32.7 Å². The number of aryl methyl sites for hydroxylation is 1. The van der Waals surface area contributed by atoms with Crippen LogP contribution in [0.2, 0.25) is 0 Å². The molecule has 0 aromatic carbocycles. The van der Waals surface area contributed by atoms with Gasteiger partial charge in [-0.25, -0.2) is 0 Å². The second-order valence-electron chi connectivity index (χ2n) is 4.03. The minimum Gasteiger partial charge on any atom is -0.324 e. The SMILES string of the molecule is CC(C)CCC(N)c1cnn(C)c1. The summed E-state index contributed by atoms with van der Waals surface area (Å²) in [7, 11) is 1.92. The lowest BCUT2D eigenvalue weighted by atomic mass is 10.0. The molecule has 13 heavy (non-hydrogen) atoms. The van der Waals surface area contributed by atoms with Gasteiger partial charge in [-0.3, -0.25) is 4.68 Å². The molecule has 3 heteroatoms. The zero-order chi connectivity index (χ0) is 9.84. The molecule has 1 rings (SSSR count). The van der Waals surface area contributed by atoms with Gasteiger partial charge in [0.15, 0.2) is 0 Å². The Morgan fingerprint density at radius 2 is 2.15 bits per heavy atom. The summed E-state index contributed by atoms with van der Waals surface area (Å²) < 4.78 is 1.80. The average molecular weight is 181 g/mol. The lowest BCUT2D eigenvalue weighted by Crippen LogP contribution is -2.10. The standard InChI is InChI=1S/C10H19N3/c1-8(2)4-5-10(11)9-6-12-13(3)7-9/h6-8,10H,4-5,11H2,1-3H3. The summed E-state index contributed by atoms with van der Waals surface area (Å²) in [6.45, 7) is 4.44. The highest BCUT2D eigenvalue weighted by atomic mass is 15.2. The van der Waals surface area contributed by atoms with Crippen LogP contribution in [0.1, 0.15) is 38.3 Å². The number of hydrogen-bond donors (Lipinski definition) is 1. The molecule has 1 aromatic heterocycles. The van der Waals surface area contributed by atoms with Crippen molar-refractivity contribution in [1.82, 2.24) is 9.78 Å². The fraction of sp³-hybridized carbons (Fsp3) is 0.700. The van der Waals surface area contributed by atoms with Crippen molar-refractivity contribution < 1.29 is 0 Å². The van der Waals surface area contributed by atoms with Crippen molar-refractivity contribution in [3.8, 4) is 0 Å². The molecule has 0 aliphatic heterocycles. The summed E-state index contributed by atoms with van der Waals surface area (Å²) in [5.41, 5.74) is 7.15. The third-order valence-electron chi connectivity index (χ3n) is 2.21.